The fraction of sp³-hybridized carbons (Fsp3) is 0.189. The van der Waals surface area contributed by atoms with E-state index in [1.165, 1.54) is 21.9 Å². The van der Waals surface area contributed by atoms with Gasteiger partial charge >= 0.3 is 7.12 Å². The molecule has 0 aliphatic carbocycles. The Kier molecular flexibility index (Phi) is 6.39. The average Bonchev–Trinajstić information content (AvgIpc) is 3.42. The molecule has 6 aromatic rings. The molecule has 0 bridgehead atoms. The van der Waals surface area contributed by atoms with Crippen LogP contribution in [0.25, 0.3) is 49.7 Å². The molecule has 208 valence electrons. The normalized spacial score (nSPS) is 16.0. The van der Waals surface area contributed by atoms with E-state index >= 15 is 0 Å². The first-order valence-electron chi connectivity index (χ1n) is 14.5. The average molecular weight is 568 g/mol. The van der Waals surface area contributed by atoms with Crippen LogP contribution in [0.4, 0.5) is 0 Å². The predicted octanol–water partition coefficient (Wildman–Crippen LogP) is 9.01. The fourth-order valence-corrected chi connectivity index (χ4v) is 6.45. The molecule has 1 fully saturated rings. The summed E-state index contributed by atoms with van der Waals surface area (Å²) in [4.78, 5) is 0.987. The third-order valence-electron chi connectivity index (χ3n) is 9.11. The van der Waals surface area contributed by atoms with Gasteiger partial charge in [0.15, 0.2) is 0 Å². The molecule has 0 radical (unpaired) electrons. The molecule has 1 aromatic heterocycles. The molecule has 0 N–H and O–H groups in total. The maximum absolute atomic E-state index is 6.42. The van der Waals surface area contributed by atoms with E-state index in [1.54, 1.807) is 0 Å². The largest absolute Gasteiger partial charge is 0.494 e. The van der Waals surface area contributed by atoms with Crippen molar-refractivity contribution >= 4 is 47.0 Å². The number of thiol groups is 1. The molecule has 0 saturated carbocycles. The zero-order chi connectivity index (χ0) is 29.2. The lowest BCUT2D eigenvalue weighted by molar-refractivity contribution is 0.00578. The van der Waals surface area contributed by atoms with Crippen LogP contribution < -0.4 is 5.46 Å². The number of nitrogens with zero attached hydrogens (tertiary/aromatic N) is 1. The third kappa shape index (κ3) is 4.30. The van der Waals surface area contributed by atoms with Gasteiger partial charge in [-0.05, 0) is 98.2 Å². The molecule has 7 rings (SSSR count). The topological polar surface area (TPSA) is 23.4 Å². The van der Waals surface area contributed by atoms with Gasteiger partial charge in [0, 0.05) is 21.4 Å². The van der Waals surface area contributed by atoms with Crippen molar-refractivity contribution in [3.05, 3.63) is 115 Å². The van der Waals surface area contributed by atoms with Gasteiger partial charge in [-0.3, -0.25) is 0 Å². The van der Waals surface area contributed by atoms with Crippen LogP contribution in [0.3, 0.4) is 0 Å². The number of aromatic nitrogens is 1. The van der Waals surface area contributed by atoms with Gasteiger partial charge in [0.2, 0.25) is 0 Å². The highest BCUT2D eigenvalue weighted by Crippen LogP contribution is 2.40. The number of hydrogen-bond donors (Lipinski definition) is 1. The Morgan fingerprint density at radius 2 is 1.29 bits per heavy atom. The summed E-state index contributed by atoms with van der Waals surface area (Å²) in [7, 11) is -0.423. The Labute approximate surface area is 253 Å². The number of hydrogen-bond acceptors (Lipinski definition) is 3. The van der Waals surface area contributed by atoms with Crippen molar-refractivity contribution in [1.82, 2.24) is 4.57 Å². The van der Waals surface area contributed by atoms with Crippen LogP contribution in [-0.2, 0) is 9.31 Å². The van der Waals surface area contributed by atoms with Crippen molar-refractivity contribution in [1.29, 1.82) is 0 Å². The van der Waals surface area contributed by atoms with Crippen molar-refractivity contribution in [3.63, 3.8) is 0 Å². The minimum absolute atomic E-state index is 0.398. The van der Waals surface area contributed by atoms with Crippen LogP contribution in [0.5, 0.6) is 0 Å². The highest BCUT2D eigenvalue weighted by molar-refractivity contribution is 7.80. The monoisotopic (exact) mass is 567 g/mol. The van der Waals surface area contributed by atoms with Gasteiger partial charge in [0.1, 0.15) is 0 Å². The molecular formula is C37H34BNO2S. The van der Waals surface area contributed by atoms with Gasteiger partial charge in [-0.2, -0.15) is 0 Å². The molecule has 0 spiro atoms. The molecule has 5 aromatic carbocycles. The highest BCUT2D eigenvalue weighted by atomic mass is 32.1. The lowest BCUT2D eigenvalue weighted by atomic mass is 9.79. The molecule has 2 heterocycles. The van der Waals surface area contributed by atoms with E-state index < -0.39 is 18.3 Å². The SMILES string of the molecule is Cc1ccccc1-c1cccc(-c2ccc3c(c2)c2ccc(B4OC(C)(C)C(C)(C)O4)cc2n3-c2ccccc2)c1S. The quantitative estimate of drug-likeness (QED) is 0.170. The number of rotatable bonds is 4. The summed E-state index contributed by atoms with van der Waals surface area (Å²) in [5.74, 6) is 0. The molecule has 3 nitrogen and oxygen atoms in total. The maximum atomic E-state index is 6.42. The molecule has 1 saturated heterocycles. The van der Waals surface area contributed by atoms with Gasteiger partial charge in [0.25, 0.3) is 0 Å². The predicted molar refractivity (Wildman–Crippen MR) is 179 cm³/mol. The van der Waals surface area contributed by atoms with Gasteiger partial charge in [-0.25, -0.2) is 0 Å². The van der Waals surface area contributed by atoms with Crippen LogP contribution in [0.15, 0.2) is 114 Å². The van der Waals surface area contributed by atoms with E-state index in [9.17, 15) is 0 Å². The zero-order valence-electron chi connectivity index (χ0n) is 24.7. The number of aryl methyl sites for hydroxylation is 1. The first-order valence-corrected chi connectivity index (χ1v) is 15.0. The first kappa shape index (κ1) is 27.1. The van der Waals surface area contributed by atoms with Crippen LogP contribution in [0, 0.1) is 6.92 Å². The Morgan fingerprint density at radius 1 is 0.619 bits per heavy atom. The molecule has 1 aliphatic rings. The highest BCUT2D eigenvalue weighted by Gasteiger charge is 2.51. The molecule has 0 amide bonds. The Balaban J connectivity index is 1.41. The van der Waals surface area contributed by atoms with Crippen molar-refractivity contribution in [3.8, 4) is 27.9 Å². The second-order valence-corrected chi connectivity index (χ2v) is 12.7. The summed E-state index contributed by atoms with van der Waals surface area (Å²) in [6, 6.07) is 38.8. The van der Waals surface area contributed by atoms with Crippen molar-refractivity contribution < 1.29 is 9.31 Å². The maximum Gasteiger partial charge on any atom is 0.494 e. The summed E-state index contributed by atoms with van der Waals surface area (Å²) < 4.78 is 15.2. The number of para-hydroxylation sites is 1. The first-order chi connectivity index (χ1) is 20.1. The summed E-state index contributed by atoms with van der Waals surface area (Å²) in [6.45, 7) is 10.5. The molecule has 5 heteroatoms. The van der Waals surface area contributed by atoms with Crippen LogP contribution in [0.1, 0.15) is 33.3 Å². The second-order valence-electron chi connectivity index (χ2n) is 12.3. The molecular weight excluding hydrogens is 533 g/mol. The Hall–Kier alpha value is -3.77. The number of benzene rings is 5. The summed E-state index contributed by atoms with van der Waals surface area (Å²) in [6.07, 6.45) is 0. The van der Waals surface area contributed by atoms with Crippen molar-refractivity contribution in [2.24, 2.45) is 0 Å². The molecule has 0 unspecified atom stereocenters. The molecule has 0 atom stereocenters. The summed E-state index contributed by atoms with van der Waals surface area (Å²) in [5, 5.41) is 2.38. The van der Waals surface area contributed by atoms with Crippen LogP contribution >= 0.6 is 12.6 Å². The van der Waals surface area contributed by atoms with Gasteiger partial charge in [-0.1, -0.05) is 78.9 Å². The van der Waals surface area contributed by atoms with Gasteiger partial charge in [0.05, 0.1) is 22.2 Å². The van der Waals surface area contributed by atoms with E-state index in [1.807, 2.05) is 0 Å². The summed E-state index contributed by atoms with van der Waals surface area (Å²) >= 11 is 5.07. The molecule has 1 aliphatic heterocycles. The lowest BCUT2D eigenvalue weighted by Gasteiger charge is -2.32. The standard InChI is InChI=1S/C37H34BNO2S/c1-24-12-9-10-15-28(24)31-17-11-16-29(35(31)42)25-18-21-33-32(22-25)30-20-19-26(38-40-36(2,3)37(4,5)41-38)23-34(30)39(33)27-13-7-6-8-14-27/h6-23,42H,1-5H3. The third-order valence-corrected chi connectivity index (χ3v) is 9.59. The van der Waals surface area contributed by atoms with Gasteiger partial charge < -0.3 is 13.9 Å². The van der Waals surface area contributed by atoms with E-state index in [4.69, 9.17) is 21.9 Å². The van der Waals surface area contributed by atoms with Crippen LogP contribution in [-0.4, -0.2) is 22.9 Å². The second kappa shape index (κ2) is 9.91. The lowest BCUT2D eigenvalue weighted by Crippen LogP contribution is -2.41. The van der Waals surface area contributed by atoms with Gasteiger partial charge in [-0.15, -0.1) is 12.6 Å². The Morgan fingerprint density at radius 3 is 2.02 bits per heavy atom. The smallest absolute Gasteiger partial charge is 0.399 e. The van der Waals surface area contributed by atoms with E-state index in [-0.39, 0.29) is 0 Å². The van der Waals surface area contributed by atoms with Crippen LogP contribution in [0.2, 0.25) is 0 Å². The van der Waals surface area contributed by atoms with E-state index in [2.05, 4.69) is 148 Å². The van der Waals surface area contributed by atoms with E-state index in [0.29, 0.717) is 0 Å². The van der Waals surface area contributed by atoms with Crippen molar-refractivity contribution in [2.45, 2.75) is 50.7 Å². The number of fused-ring (bicyclic) bond motifs is 3. The minimum atomic E-state index is -0.423. The minimum Gasteiger partial charge on any atom is -0.399 e. The Bertz CT molecular complexity index is 1960. The zero-order valence-corrected chi connectivity index (χ0v) is 25.6. The van der Waals surface area contributed by atoms with Crippen molar-refractivity contribution in [2.75, 3.05) is 0 Å². The summed E-state index contributed by atoms with van der Waals surface area (Å²) in [5.41, 5.74) is 9.48. The van der Waals surface area contributed by atoms with E-state index in [0.717, 1.165) is 43.8 Å². The fourth-order valence-electron chi connectivity index (χ4n) is 6.06. The molecule has 42 heavy (non-hydrogen) atoms.